The van der Waals surface area contributed by atoms with E-state index in [9.17, 15) is 18.0 Å². The molecular weight excluding hydrogens is 264 g/mol. The van der Waals surface area contributed by atoms with Crippen molar-refractivity contribution in [2.45, 2.75) is 18.2 Å². The summed E-state index contributed by atoms with van der Waals surface area (Å²) >= 11 is 5.36. The van der Waals surface area contributed by atoms with Crippen LogP contribution in [0.2, 0.25) is 0 Å². The number of carbonyl (C=O) groups excluding carboxylic acids is 2. The van der Waals surface area contributed by atoms with Crippen molar-refractivity contribution in [2.24, 2.45) is 0 Å². The molecule has 0 N–H and O–H groups in total. The third-order valence-electron chi connectivity index (χ3n) is 2.83. The SMILES string of the molecule is Cc1c(C(=O)Cl)ccc2c1S(=O)(=O)CCC2=O. The van der Waals surface area contributed by atoms with Crippen molar-refractivity contribution in [3.8, 4) is 0 Å². The summed E-state index contributed by atoms with van der Waals surface area (Å²) in [7, 11) is -3.49. The van der Waals surface area contributed by atoms with Gasteiger partial charge in [0.15, 0.2) is 15.6 Å². The van der Waals surface area contributed by atoms with Crippen LogP contribution in [0.5, 0.6) is 0 Å². The Balaban J connectivity index is 2.85. The lowest BCUT2D eigenvalue weighted by Gasteiger charge is -2.18. The molecule has 0 amide bonds. The quantitative estimate of drug-likeness (QED) is 0.730. The van der Waals surface area contributed by atoms with Gasteiger partial charge in [-0.1, -0.05) is 0 Å². The molecular formula is C11H9ClO4S. The van der Waals surface area contributed by atoms with Crippen molar-refractivity contribution < 1.29 is 18.0 Å². The van der Waals surface area contributed by atoms with Gasteiger partial charge in [-0.15, -0.1) is 0 Å². The highest BCUT2D eigenvalue weighted by molar-refractivity contribution is 7.91. The monoisotopic (exact) mass is 272 g/mol. The van der Waals surface area contributed by atoms with E-state index in [2.05, 4.69) is 0 Å². The average molecular weight is 273 g/mol. The van der Waals surface area contributed by atoms with Gasteiger partial charge < -0.3 is 0 Å². The smallest absolute Gasteiger partial charge is 0.252 e. The lowest BCUT2D eigenvalue weighted by molar-refractivity contribution is 0.0981. The van der Waals surface area contributed by atoms with E-state index >= 15 is 0 Å². The van der Waals surface area contributed by atoms with Gasteiger partial charge in [-0.3, -0.25) is 9.59 Å². The summed E-state index contributed by atoms with van der Waals surface area (Å²) in [6.45, 7) is 1.49. The van der Waals surface area contributed by atoms with Gasteiger partial charge in [0.1, 0.15) is 0 Å². The Morgan fingerprint density at radius 2 is 2.00 bits per heavy atom. The zero-order valence-electron chi connectivity index (χ0n) is 8.99. The Labute approximate surface area is 104 Å². The highest BCUT2D eigenvalue weighted by atomic mass is 35.5. The predicted octanol–water partition coefficient (Wildman–Crippen LogP) is 1.73. The first-order valence-electron chi connectivity index (χ1n) is 4.94. The van der Waals surface area contributed by atoms with Crippen molar-refractivity contribution >= 4 is 32.5 Å². The number of sulfone groups is 1. The van der Waals surface area contributed by atoms with Crippen molar-refractivity contribution in [3.63, 3.8) is 0 Å². The van der Waals surface area contributed by atoms with Crippen LogP contribution in [-0.4, -0.2) is 25.2 Å². The van der Waals surface area contributed by atoms with Gasteiger partial charge in [-0.2, -0.15) is 0 Å². The van der Waals surface area contributed by atoms with E-state index in [0.717, 1.165) is 0 Å². The van der Waals surface area contributed by atoms with Crippen LogP contribution in [0.15, 0.2) is 17.0 Å². The van der Waals surface area contributed by atoms with E-state index in [1.165, 1.54) is 19.1 Å². The van der Waals surface area contributed by atoms with Crippen LogP contribution in [0, 0.1) is 6.92 Å². The fourth-order valence-electron chi connectivity index (χ4n) is 1.99. The number of halogens is 1. The molecule has 1 aliphatic heterocycles. The molecule has 0 saturated carbocycles. The number of ketones is 1. The third kappa shape index (κ3) is 1.89. The van der Waals surface area contributed by atoms with Crippen molar-refractivity contribution in [1.82, 2.24) is 0 Å². The fourth-order valence-corrected chi connectivity index (χ4v) is 3.95. The van der Waals surface area contributed by atoms with E-state index in [4.69, 9.17) is 11.6 Å². The summed E-state index contributed by atoms with van der Waals surface area (Å²) < 4.78 is 23.8. The van der Waals surface area contributed by atoms with Crippen LogP contribution in [0.25, 0.3) is 0 Å². The van der Waals surface area contributed by atoms with Crippen LogP contribution in [0.4, 0.5) is 0 Å². The predicted molar refractivity (Wildman–Crippen MR) is 62.4 cm³/mol. The summed E-state index contributed by atoms with van der Waals surface area (Å²) in [4.78, 5) is 22.7. The number of fused-ring (bicyclic) bond motifs is 1. The molecule has 0 saturated heterocycles. The minimum atomic E-state index is -3.49. The fraction of sp³-hybridized carbons (Fsp3) is 0.273. The molecule has 0 fully saturated rings. The van der Waals surface area contributed by atoms with E-state index < -0.39 is 15.1 Å². The van der Waals surface area contributed by atoms with Crippen LogP contribution in [-0.2, 0) is 9.84 Å². The lowest BCUT2D eigenvalue weighted by atomic mass is 10.0. The number of Topliss-reactive ketones (excluding diaryl/α,β-unsaturated/α-hetero) is 1. The Bertz CT molecular complexity index is 631. The Kier molecular flexibility index (Phi) is 2.83. The molecule has 4 nitrogen and oxygen atoms in total. The maximum atomic E-state index is 11.9. The number of benzene rings is 1. The maximum Gasteiger partial charge on any atom is 0.252 e. The highest BCUT2D eigenvalue weighted by Crippen LogP contribution is 2.30. The number of rotatable bonds is 1. The van der Waals surface area contributed by atoms with Gasteiger partial charge in [0, 0.05) is 17.5 Å². The topological polar surface area (TPSA) is 68.3 Å². The minimum Gasteiger partial charge on any atom is -0.294 e. The molecule has 0 bridgehead atoms. The van der Waals surface area contributed by atoms with Gasteiger partial charge in [0.2, 0.25) is 0 Å². The van der Waals surface area contributed by atoms with E-state index in [1.807, 2.05) is 0 Å². The lowest BCUT2D eigenvalue weighted by Crippen LogP contribution is -2.23. The zero-order valence-corrected chi connectivity index (χ0v) is 10.6. The summed E-state index contributed by atoms with van der Waals surface area (Å²) in [6, 6.07) is 2.75. The molecule has 90 valence electrons. The number of hydrogen-bond donors (Lipinski definition) is 0. The van der Waals surface area contributed by atoms with Crippen molar-refractivity contribution in [2.75, 3.05) is 5.75 Å². The summed E-state index contributed by atoms with van der Waals surface area (Å²) in [6.07, 6.45) is -0.0110. The Morgan fingerprint density at radius 1 is 1.35 bits per heavy atom. The Hall–Kier alpha value is -1.20. The second kappa shape index (κ2) is 3.92. The molecule has 1 aromatic carbocycles. The molecule has 17 heavy (non-hydrogen) atoms. The zero-order chi connectivity index (χ0) is 12.8. The van der Waals surface area contributed by atoms with Crippen LogP contribution < -0.4 is 0 Å². The van der Waals surface area contributed by atoms with Gasteiger partial charge >= 0.3 is 0 Å². The molecule has 0 atom stereocenters. The molecule has 0 aromatic heterocycles. The summed E-state index contributed by atoms with van der Waals surface area (Å²) in [5, 5.41) is -0.724. The second-order valence-electron chi connectivity index (χ2n) is 3.88. The molecule has 1 heterocycles. The largest absolute Gasteiger partial charge is 0.294 e. The second-order valence-corrected chi connectivity index (χ2v) is 6.27. The van der Waals surface area contributed by atoms with Gasteiger partial charge in [0.25, 0.3) is 5.24 Å². The molecule has 0 aliphatic carbocycles. The molecule has 6 heteroatoms. The standard InChI is InChI=1S/C11H9ClO4S/c1-6-7(11(12)14)2-3-8-9(13)4-5-17(15,16)10(6)8/h2-3H,4-5H2,1H3. The molecule has 1 aromatic rings. The summed E-state index contributed by atoms with van der Waals surface area (Å²) in [5.41, 5.74) is 0.551. The number of hydrogen-bond acceptors (Lipinski definition) is 4. The highest BCUT2D eigenvalue weighted by Gasteiger charge is 2.32. The molecule has 2 rings (SSSR count). The molecule has 0 unspecified atom stereocenters. The van der Waals surface area contributed by atoms with Crippen LogP contribution in [0.1, 0.15) is 32.7 Å². The summed E-state index contributed by atoms with van der Waals surface area (Å²) in [5.74, 6) is -0.425. The van der Waals surface area contributed by atoms with Crippen molar-refractivity contribution in [1.29, 1.82) is 0 Å². The molecule has 1 aliphatic rings. The number of carbonyl (C=O) groups is 2. The van der Waals surface area contributed by atoms with Gasteiger partial charge in [0.05, 0.1) is 10.6 Å². The van der Waals surface area contributed by atoms with E-state index in [-0.39, 0.29) is 39.5 Å². The average Bonchev–Trinajstić information content (AvgIpc) is 2.23. The van der Waals surface area contributed by atoms with Gasteiger partial charge in [-0.05, 0) is 36.2 Å². The van der Waals surface area contributed by atoms with Crippen LogP contribution >= 0.6 is 11.6 Å². The van der Waals surface area contributed by atoms with E-state index in [1.54, 1.807) is 0 Å². The molecule has 0 spiro atoms. The maximum absolute atomic E-state index is 11.9. The van der Waals surface area contributed by atoms with E-state index in [0.29, 0.717) is 0 Å². The first-order chi connectivity index (χ1) is 7.84. The first kappa shape index (κ1) is 12.3. The first-order valence-corrected chi connectivity index (χ1v) is 6.97. The minimum absolute atomic E-state index is 0.0110. The van der Waals surface area contributed by atoms with Crippen molar-refractivity contribution in [3.05, 3.63) is 28.8 Å². The van der Waals surface area contributed by atoms with Crippen LogP contribution in [0.3, 0.4) is 0 Å². The Morgan fingerprint density at radius 3 is 2.59 bits per heavy atom. The third-order valence-corrected chi connectivity index (χ3v) is 4.92. The molecule has 0 radical (unpaired) electrons. The van der Waals surface area contributed by atoms with Gasteiger partial charge in [-0.25, -0.2) is 8.42 Å². The normalized spacial score (nSPS) is 17.6.